The van der Waals surface area contributed by atoms with Crippen LogP contribution in [-0.4, -0.2) is 11.6 Å². The monoisotopic (exact) mass is 328 g/mol. The summed E-state index contributed by atoms with van der Waals surface area (Å²) < 4.78 is 0.952. The third kappa shape index (κ3) is 3.52. The molecule has 3 heteroatoms. The van der Waals surface area contributed by atoms with Crippen LogP contribution < -0.4 is 0 Å². The van der Waals surface area contributed by atoms with Crippen molar-refractivity contribution in [1.82, 2.24) is 0 Å². The van der Waals surface area contributed by atoms with E-state index in [2.05, 4.69) is 15.9 Å². The molecule has 2 rings (SSSR count). The van der Waals surface area contributed by atoms with E-state index in [4.69, 9.17) is 0 Å². The Morgan fingerprint density at radius 1 is 0.950 bits per heavy atom. The lowest BCUT2D eigenvalue weighted by Crippen LogP contribution is -2.10. The van der Waals surface area contributed by atoms with E-state index in [1.54, 1.807) is 30.3 Å². The summed E-state index contributed by atoms with van der Waals surface area (Å²) in [5.41, 5.74) is 1.53. The molecule has 0 aliphatic rings. The minimum absolute atomic E-state index is 0.193. The number of allylic oxidation sites excluding steroid dienone is 1. The lowest BCUT2D eigenvalue weighted by atomic mass is 9.98. The smallest absolute Gasteiger partial charge is 0.196 e. The topological polar surface area (TPSA) is 34.1 Å². The van der Waals surface area contributed by atoms with Gasteiger partial charge < -0.3 is 0 Å². The fourth-order valence-electron chi connectivity index (χ4n) is 1.80. The molecule has 0 unspecified atom stereocenters. The molecule has 0 amide bonds. The fourth-order valence-corrected chi connectivity index (χ4v) is 2.06. The van der Waals surface area contributed by atoms with Gasteiger partial charge in [0.25, 0.3) is 0 Å². The van der Waals surface area contributed by atoms with Crippen LogP contribution in [0.4, 0.5) is 0 Å². The molecular weight excluding hydrogens is 316 g/mol. The van der Waals surface area contributed by atoms with E-state index in [1.165, 1.54) is 6.92 Å². The first-order valence-corrected chi connectivity index (χ1v) is 6.95. The molecule has 100 valence electrons. The van der Waals surface area contributed by atoms with Gasteiger partial charge in [-0.3, -0.25) is 9.59 Å². The average Bonchev–Trinajstić information content (AvgIpc) is 2.46. The van der Waals surface area contributed by atoms with Gasteiger partial charge in [0.15, 0.2) is 11.6 Å². The van der Waals surface area contributed by atoms with Crippen molar-refractivity contribution in [3.63, 3.8) is 0 Å². The predicted octanol–water partition coefficient (Wildman–Crippen LogP) is 4.30. The van der Waals surface area contributed by atoms with Crippen LogP contribution in [0.5, 0.6) is 0 Å². The summed E-state index contributed by atoms with van der Waals surface area (Å²) >= 11 is 3.35. The zero-order valence-corrected chi connectivity index (χ0v) is 12.6. The Morgan fingerprint density at radius 3 is 2.10 bits per heavy atom. The molecule has 0 spiro atoms. The van der Waals surface area contributed by atoms with Gasteiger partial charge >= 0.3 is 0 Å². The molecular formula is C17H13BrO2. The fraction of sp³-hybridized carbons (Fsp3) is 0.0588. The molecule has 0 aliphatic carbocycles. The Hall–Kier alpha value is -2.00. The molecule has 0 radical (unpaired) electrons. The van der Waals surface area contributed by atoms with Gasteiger partial charge in [-0.25, -0.2) is 0 Å². The molecule has 0 saturated heterocycles. The standard InChI is InChI=1S/C17H13BrO2/c1-12(19)16(11-13-7-9-15(18)10-8-13)17(20)14-5-3-2-4-6-14/h2-11H,1H3/b16-11-. The first kappa shape index (κ1) is 14.4. The largest absolute Gasteiger partial charge is 0.294 e. The van der Waals surface area contributed by atoms with Crippen LogP contribution in [0, 0.1) is 0 Å². The Balaban J connectivity index is 2.39. The molecule has 0 N–H and O–H groups in total. The lowest BCUT2D eigenvalue weighted by Gasteiger charge is -2.04. The second-order valence-corrected chi connectivity index (χ2v) is 5.28. The molecule has 0 bridgehead atoms. The number of hydrogen-bond donors (Lipinski definition) is 0. The molecule has 2 nitrogen and oxygen atoms in total. The lowest BCUT2D eigenvalue weighted by molar-refractivity contribution is -0.113. The van der Waals surface area contributed by atoms with Crippen LogP contribution in [0.3, 0.4) is 0 Å². The van der Waals surface area contributed by atoms with Crippen molar-refractivity contribution in [2.75, 3.05) is 0 Å². The quantitative estimate of drug-likeness (QED) is 0.363. The van der Waals surface area contributed by atoms with Gasteiger partial charge in [-0.1, -0.05) is 58.4 Å². The van der Waals surface area contributed by atoms with E-state index in [0.717, 1.165) is 10.0 Å². The maximum atomic E-state index is 12.4. The van der Waals surface area contributed by atoms with Crippen molar-refractivity contribution in [2.45, 2.75) is 6.92 Å². The van der Waals surface area contributed by atoms with Crippen molar-refractivity contribution in [3.8, 4) is 0 Å². The van der Waals surface area contributed by atoms with Crippen molar-refractivity contribution >= 4 is 33.6 Å². The van der Waals surface area contributed by atoms with Crippen molar-refractivity contribution in [3.05, 3.63) is 75.8 Å². The second-order valence-electron chi connectivity index (χ2n) is 4.36. The molecule has 0 saturated carbocycles. The minimum atomic E-state index is -0.249. The van der Waals surface area contributed by atoms with Crippen LogP contribution in [-0.2, 0) is 4.79 Å². The van der Waals surface area contributed by atoms with Crippen LogP contribution >= 0.6 is 15.9 Å². The number of Topliss-reactive ketones (excluding diaryl/α,β-unsaturated/α-hetero) is 2. The van der Waals surface area contributed by atoms with Crippen molar-refractivity contribution < 1.29 is 9.59 Å². The Morgan fingerprint density at radius 2 is 1.55 bits per heavy atom. The van der Waals surface area contributed by atoms with Gasteiger partial charge in [-0.15, -0.1) is 0 Å². The number of halogens is 1. The van der Waals surface area contributed by atoms with Gasteiger partial charge in [-0.05, 0) is 30.7 Å². The highest BCUT2D eigenvalue weighted by Gasteiger charge is 2.16. The zero-order chi connectivity index (χ0) is 14.5. The number of rotatable bonds is 4. The van der Waals surface area contributed by atoms with Crippen LogP contribution in [0.2, 0.25) is 0 Å². The molecule has 0 heterocycles. The third-order valence-electron chi connectivity index (χ3n) is 2.84. The average molecular weight is 329 g/mol. The molecule has 0 aliphatic heterocycles. The van der Waals surface area contributed by atoms with Crippen molar-refractivity contribution in [2.24, 2.45) is 0 Å². The summed E-state index contributed by atoms with van der Waals surface area (Å²) in [5, 5.41) is 0. The molecule has 2 aromatic rings. The van der Waals surface area contributed by atoms with Crippen LogP contribution in [0.25, 0.3) is 6.08 Å². The predicted molar refractivity (Wildman–Crippen MR) is 83.6 cm³/mol. The van der Waals surface area contributed by atoms with Gasteiger partial charge in [-0.2, -0.15) is 0 Å². The van der Waals surface area contributed by atoms with Crippen LogP contribution in [0.1, 0.15) is 22.8 Å². The maximum Gasteiger partial charge on any atom is 0.196 e. The Labute approximate surface area is 126 Å². The first-order valence-electron chi connectivity index (χ1n) is 6.16. The molecule has 2 aromatic carbocycles. The van der Waals surface area contributed by atoms with Crippen LogP contribution in [0.15, 0.2) is 64.6 Å². The highest BCUT2D eigenvalue weighted by Crippen LogP contribution is 2.16. The van der Waals surface area contributed by atoms with E-state index in [1.807, 2.05) is 30.3 Å². The number of hydrogen-bond acceptors (Lipinski definition) is 2. The first-order chi connectivity index (χ1) is 9.58. The summed E-state index contributed by atoms with van der Waals surface area (Å²) in [5.74, 6) is -0.484. The number of ketones is 2. The van der Waals surface area contributed by atoms with E-state index in [0.29, 0.717) is 5.56 Å². The molecule has 0 atom stereocenters. The van der Waals surface area contributed by atoms with Gasteiger partial charge in [0.1, 0.15) is 0 Å². The summed E-state index contributed by atoms with van der Waals surface area (Å²) in [4.78, 5) is 24.1. The normalized spacial score (nSPS) is 11.2. The SMILES string of the molecule is CC(=O)/C(=C/c1ccc(Br)cc1)C(=O)c1ccccc1. The number of benzene rings is 2. The van der Waals surface area contributed by atoms with E-state index < -0.39 is 0 Å². The highest BCUT2D eigenvalue weighted by molar-refractivity contribution is 9.10. The second kappa shape index (κ2) is 6.44. The van der Waals surface area contributed by atoms with Gasteiger partial charge in [0.2, 0.25) is 0 Å². The Bertz CT molecular complexity index is 655. The molecule has 20 heavy (non-hydrogen) atoms. The Kier molecular flexibility index (Phi) is 4.64. The summed E-state index contributed by atoms with van der Waals surface area (Å²) in [7, 11) is 0. The van der Waals surface area contributed by atoms with E-state index >= 15 is 0 Å². The number of carbonyl (C=O) groups excluding carboxylic acids is 2. The van der Waals surface area contributed by atoms with E-state index in [9.17, 15) is 9.59 Å². The summed E-state index contributed by atoms with van der Waals surface area (Å²) in [6, 6.07) is 16.3. The zero-order valence-electron chi connectivity index (χ0n) is 11.0. The molecule has 0 fully saturated rings. The maximum absolute atomic E-state index is 12.4. The summed E-state index contributed by atoms with van der Waals surface area (Å²) in [6.45, 7) is 1.41. The highest BCUT2D eigenvalue weighted by atomic mass is 79.9. The molecule has 0 aromatic heterocycles. The van der Waals surface area contributed by atoms with Gasteiger partial charge in [0, 0.05) is 10.0 Å². The number of carbonyl (C=O) groups is 2. The minimum Gasteiger partial charge on any atom is -0.294 e. The van der Waals surface area contributed by atoms with Crippen molar-refractivity contribution in [1.29, 1.82) is 0 Å². The third-order valence-corrected chi connectivity index (χ3v) is 3.37. The van der Waals surface area contributed by atoms with Gasteiger partial charge in [0.05, 0.1) is 5.57 Å². The van der Waals surface area contributed by atoms with E-state index in [-0.39, 0.29) is 17.1 Å². The summed E-state index contributed by atoms with van der Waals surface area (Å²) in [6.07, 6.45) is 1.63.